The first-order valence-corrected chi connectivity index (χ1v) is 7.54. The number of ether oxygens (including phenoxy) is 2. The Hall–Kier alpha value is -3.02. The average molecular weight is 326 g/mol. The van der Waals surface area contributed by atoms with Crippen molar-refractivity contribution in [1.82, 2.24) is 4.90 Å². The number of nitrogens with zero attached hydrogens (tertiary/aromatic N) is 1. The first-order chi connectivity index (χ1) is 11.6. The predicted octanol–water partition coefficient (Wildman–Crippen LogP) is 2.71. The smallest absolute Gasteiger partial charge is 0.410 e. The lowest BCUT2D eigenvalue weighted by Gasteiger charge is -2.15. The van der Waals surface area contributed by atoms with Crippen LogP contribution in [-0.2, 0) is 29.2 Å². The number of nitrogen functional groups attached to an aromatic ring is 1. The Balaban J connectivity index is 1.72. The van der Waals surface area contributed by atoms with Crippen molar-refractivity contribution >= 4 is 17.7 Å². The van der Waals surface area contributed by atoms with E-state index in [4.69, 9.17) is 15.2 Å². The summed E-state index contributed by atoms with van der Waals surface area (Å²) < 4.78 is 10.1. The van der Waals surface area contributed by atoms with E-state index >= 15 is 0 Å². The second-order valence-corrected chi connectivity index (χ2v) is 5.55. The molecule has 0 saturated carbocycles. The second-order valence-electron chi connectivity index (χ2n) is 5.55. The van der Waals surface area contributed by atoms with Gasteiger partial charge < -0.3 is 15.2 Å². The van der Waals surface area contributed by atoms with Gasteiger partial charge in [0.1, 0.15) is 6.61 Å². The lowest BCUT2D eigenvalue weighted by atomic mass is 10.0. The van der Waals surface area contributed by atoms with Crippen LogP contribution >= 0.6 is 0 Å². The van der Waals surface area contributed by atoms with E-state index < -0.39 is 12.1 Å². The van der Waals surface area contributed by atoms with Crippen molar-refractivity contribution in [3.05, 3.63) is 64.7 Å². The Morgan fingerprint density at radius 2 is 1.79 bits per heavy atom. The van der Waals surface area contributed by atoms with E-state index in [2.05, 4.69) is 0 Å². The normalized spacial score (nSPS) is 12.6. The number of hydrogen-bond donors (Lipinski definition) is 1. The molecule has 1 aliphatic heterocycles. The Bertz CT molecular complexity index is 774. The topological polar surface area (TPSA) is 81.9 Å². The maximum Gasteiger partial charge on any atom is 0.410 e. The zero-order valence-corrected chi connectivity index (χ0v) is 13.3. The standard InChI is InChI=1S/C18H18N2O4/c1-23-17(21)13-7-8-16(19)15-10-20(9-14(13)15)18(22)24-11-12-5-3-2-4-6-12/h2-8H,9-11,19H2,1H3. The number of anilines is 1. The average Bonchev–Trinajstić information content (AvgIpc) is 3.06. The molecular formula is C18H18N2O4. The van der Waals surface area contributed by atoms with Crippen LogP contribution in [0.3, 0.4) is 0 Å². The van der Waals surface area contributed by atoms with Gasteiger partial charge in [0.15, 0.2) is 0 Å². The molecule has 6 nitrogen and oxygen atoms in total. The van der Waals surface area contributed by atoms with Crippen molar-refractivity contribution in [2.75, 3.05) is 12.8 Å². The lowest BCUT2D eigenvalue weighted by Crippen LogP contribution is -2.26. The first kappa shape index (κ1) is 15.9. The highest BCUT2D eigenvalue weighted by Gasteiger charge is 2.30. The summed E-state index contributed by atoms with van der Waals surface area (Å²) in [5.74, 6) is -0.439. The number of amides is 1. The number of esters is 1. The molecule has 1 heterocycles. The van der Waals surface area contributed by atoms with Crippen LogP contribution in [-0.4, -0.2) is 24.1 Å². The van der Waals surface area contributed by atoms with Crippen LogP contribution in [0.15, 0.2) is 42.5 Å². The Morgan fingerprint density at radius 1 is 1.08 bits per heavy atom. The summed E-state index contributed by atoms with van der Waals surface area (Å²) in [7, 11) is 1.33. The summed E-state index contributed by atoms with van der Waals surface area (Å²) in [6.07, 6.45) is -0.440. The molecule has 2 N–H and O–H groups in total. The Kier molecular flexibility index (Phi) is 4.37. The molecule has 2 aromatic rings. The molecule has 24 heavy (non-hydrogen) atoms. The minimum absolute atomic E-state index is 0.200. The van der Waals surface area contributed by atoms with Gasteiger partial charge in [0.2, 0.25) is 0 Å². The third-order valence-electron chi connectivity index (χ3n) is 4.03. The number of hydrogen-bond acceptors (Lipinski definition) is 5. The highest BCUT2D eigenvalue weighted by Crippen LogP contribution is 2.31. The van der Waals surface area contributed by atoms with Gasteiger partial charge in [-0.15, -0.1) is 0 Å². The van der Waals surface area contributed by atoms with Gasteiger partial charge in [0.05, 0.1) is 25.8 Å². The minimum Gasteiger partial charge on any atom is -0.465 e. The summed E-state index contributed by atoms with van der Waals surface area (Å²) in [4.78, 5) is 25.7. The van der Waals surface area contributed by atoms with Crippen LogP contribution < -0.4 is 5.73 Å². The molecule has 2 aromatic carbocycles. The highest BCUT2D eigenvalue weighted by molar-refractivity contribution is 5.92. The van der Waals surface area contributed by atoms with Crippen LogP contribution in [0.25, 0.3) is 0 Å². The molecule has 0 atom stereocenters. The van der Waals surface area contributed by atoms with Crippen molar-refractivity contribution < 1.29 is 19.1 Å². The fraction of sp³-hybridized carbons (Fsp3) is 0.222. The molecule has 0 fully saturated rings. The van der Waals surface area contributed by atoms with Crippen molar-refractivity contribution in [3.8, 4) is 0 Å². The van der Waals surface area contributed by atoms with Crippen LogP contribution in [0.5, 0.6) is 0 Å². The van der Waals surface area contributed by atoms with Crippen molar-refractivity contribution in [2.45, 2.75) is 19.7 Å². The third-order valence-corrected chi connectivity index (χ3v) is 4.03. The van der Waals surface area contributed by atoms with Gasteiger partial charge in [-0.25, -0.2) is 9.59 Å². The maximum atomic E-state index is 12.3. The molecule has 0 unspecified atom stereocenters. The van der Waals surface area contributed by atoms with Crippen LogP contribution in [0.1, 0.15) is 27.0 Å². The minimum atomic E-state index is -0.440. The summed E-state index contributed by atoms with van der Waals surface area (Å²) in [5, 5.41) is 0. The van der Waals surface area contributed by atoms with Gasteiger partial charge in [0, 0.05) is 11.3 Å². The first-order valence-electron chi connectivity index (χ1n) is 7.54. The fourth-order valence-corrected chi connectivity index (χ4v) is 2.76. The maximum absolute atomic E-state index is 12.3. The number of benzene rings is 2. The monoisotopic (exact) mass is 326 g/mol. The van der Waals surface area contributed by atoms with Crippen LogP contribution in [0.2, 0.25) is 0 Å². The molecule has 1 aliphatic rings. The fourth-order valence-electron chi connectivity index (χ4n) is 2.76. The van der Waals surface area contributed by atoms with Crippen LogP contribution in [0.4, 0.5) is 10.5 Å². The number of fused-ring (bicyclic) bond motifs is 1. The zero-order chi connectivity index (χ0) is 17.1. The Labute approximate surface area is 139 Å². The number of rotatable bonds is 3. The molecule has 0 spiro atoms. The van der Waals surface area contributed by atoms with E-state index in [-0.39, 0.29) is 13.2 Å². The molecule has 0 radical (unpaired) electrons. The van der Waals surface area contributed by atoms with E-state index in [9.17, 15) is 9.59 Å². The number of carbonyl (C=O) groups excluding carboxylic acids is 2. The highest BCUT2D eigenvalue weighted by atomic mass is 16.6. The second kappa shape index (κ2) is 6.62. The van der Waals surface area contributed by atoms with Gasteiger partial charge in [-0.05, 0) is 23.3 Å². The SMILES string of the molecule is COC(=O)c1ccc(N)c2c1CN(C(=O)OCc1ccccc1)C2. The number of carbonyl (C=O) groups is 2. The molecule has 1 amide bonds. The molecule has 0 bridgehead atoms. The quantitative estimate of drug-likeness (QED) is 0.693. The van der Waals surface area contributed by atoms with Crippen molar-refractivity contribution in [3.63, 3.8) is 0 Å². The van der Waals surface area contributed by atoms with Gasteiger partial charge in [-0.1, -0.05) is 30.3 Å². The lowest BCUT2D eigenvalue weighted by molar-refractivity contribution is 0.0597. The summed E-state index contributed by atoms with van der Waals surface area (Å²) in [6, 6.07) is 12.7. The van der Waals surface area contributed by atoms with E-state index in [1.54, 1.807) is 12.1 Å². The molecule has 124 valence electrons. The van der Waals surface area contributed by atoms with Gasteiger partial charge in [-0.3, -0.25) is 4.90 Å². The van der Waals surface area contributed by atoms with E-state index in [1.165, 1.54) is 12.0 Å². The molecule has 6 heteroatoms. The zero-order valence-electron chi connectivity index (χ0n) is 13.3. The summed E-state index contributed by atoms with van der Waals surface area (Å²) in [6.45, 7) is 0.796. The predicted molar refractivity (Wildman–Crippen MR) is 88.1 cm³/mol. The van der Waals surface area contributed by atoms with Gasteiger partial charge >= 0.3 is 12.1 Å². The van der Waals surface area contributed by atoms with E-state index in [0.717, 1.165) is 16.7 Å². The molecule has 0 aliphatic carbocycles. The molecular weight excluding hydrogens is 308 g/mol. The Morgan fingerprint density at radius 3 is 2.50 bits per heavy atom. The molecule has 0 saturated heterocycles. The number of methoxy groups -OCH3 is 1. The van der Waals surface area contributed by atoms with E-state index in [0.29, 0.717) is 17.8 Å². The third kappa shape index (κ3) is 3.03. The largest absolute Gasteiger partial charge is 0.465 e. The number of nitrogens with two attached hydrogens (primary N) is 1. The summed E-state index contributed by atoms with van der Waals surface area (Å²) >= 11 is 0. The molecule has 3 rings (SSSR count). The van der Waals surface area contributed by atoms with Crippen molar-refractivity contribution in [1.29, 1.82) is 0 Å². The van der Waals surface area contributed by atoms with Crippen LogP contribution in [0, 0.1) is 0 Å². The van der Waals surface area contributed by atoms with Gasteiger partial charge in [-0.2, -0.15) is 0 Å². The molecule has 0 aromatic heterocycles. The van der Waals surface area contributed by atoms with E-state index in [1.807, 2.05) is 30.3 Å². The van der Waals surface area contributed by atoms with Crippen molar-refractivity contribution in [2.24, 2.45) is 0 Å². The summed E-state index contributed by atoms with van der Waals surface area (Å²) in [5.41, 5.74) is 9.37. The van der Waals surface area contributed by atoms with Gasteiger partial charge in [0.25, 0.3) is 0 Å².